The summed E-state index contributed by atoms with van der Waals surface area (Å²) in [5, 5.41) is 0.496. The molecule has 2 rings (SSSR count). The van der Waals surface area contributed by atoms with Crippen LogP contribution in [0.1, 0.15) is 43.4 Å². The van der Waals surface area contributed by atoms with Gasteiger partial charge in [-0.25, -0.2) is 0 Å². The van der Waals surface area contributed by atoms with Gasteiger partial charge in [0.25, 0.3) is 0 Å². The maximum absolute atomic E-state index is 13.8. The van der Waals surface area contributed by atoms with Gasteiger partial charge in [0, 0.05) is 29.7 Å². The monoisotopic (exact) mass is 379 g/mol. The van der Waals surface area contributed by atoms with Crippen LogP contribution in [0.3, 0.4) is 0 Å². The lowest BCUT2D eigenvalue weighted by Crippen LogP contribution is -2.36. The summed E-state index contributed by atoms with van der Waals surface area (Å²) in [6.45, 7) is 2.65. The zero-order valence-electron chi connectivity index (χ0n) is 13.7. The molecule has 0 unspecified atom stereocenters. The van der Waals surface area contributed by atoms with Crippen molar-refractivity contribution in [3.63, 3.8) is 0 Å². The van der Waals surface area contributed by atoms with Gasteiger partial charge >= 0.3 is 5.97 Å². The van der Waals surface area contributed by atoms with E-state index in [2.05, 4.69) is 0 Å². The van der Waals surface area contributed by atoms with Gasteiger partial charge in [-0.3, -0.25) is 9.18 Å². The van der Waals surface area contributed by atoms with Crippen molar-refractivity contribution in [2.75, 3.05) is 26.5 Å². The Morgan fingerprint density at radius 2 is 2.08 bits per heavy atom. The van der Waals surface area contributed by atoms with Gasteiger partial charge in [0.15, 0.2) is 0 Å². The van der Waals surface area contributed by atoms with Crippen LogP contribution in [-0.4, -0.2) is 32.5 Å². The average molecular weight is 380 g/mol. The largest absolute Gasteiger partial charge is 0.466 e. The lowest BCUT2D eigenvalue weighted by molar-refractivity contribution is -0.143. The SMILES string of the molecule is CCOC(=O)C[C@H](N)c1cc(Cl)cc(C2(CF)CCOCC2)c1.Cl. The smallest absolute Gasteiger partial charge is 0.307 e. The maximum atomic E-state index is 13.8. The maximum Gasteiger partial charge on any atom is 0.307 e. The molecule has 1 aliphatic heterocycles. The van der Waals surface area contributed by atoms with Crippen LogP contribution in [0.4, 0.5) is 4.39 Å². The van der Waals surface area contributed by atoms with Crippen LogP contribution < -0.4 is 5.73 Å². The molecule has 7 heteroatoms. The molecule has 0 aliphatic carbocycles. The fraction of sp³-hybridized carbons (Fsp3) is 0.588. The standard InChI is InChI=1S/C17H23ClFNO3.ClH/c1-2-23-16(21)10-15(20)12-7-13(9-14(18)8-12)17(11-19)3-5-22-6-4-17;/h7-9,15H,2-6,10-11,20H2,1H3;1H/t15-;/m0./s1. The van der Waals surface area contributed by atoms with E-state index >= 15 is 0 Å². The van der Waals surface area contributed by atoms with Crippen LogP contribution in [0.2, 0.25) is 5.02 Å². The van der Waals surface area contributed by atoms with Gasteiger partial charge in [-0.1, -0.05) is 17.7 Å². The molecular weight excluding hydrogens is 356 g/mol. The van der Waals surface area contributed by atoms with Gasteiger partial charge in [-0.2, -0.15) is 0 Å². The van der Waals surface area contributed by atoms with E-state index in [1.165, 1.54) is 0 Å². The van der Waals surface area contributed by atoms with E-state index in [4.69, 9.17) is 26.8 Å². The highest BCUT2D eigenvalue weighted by Gasteiger charge is 2.35. The summed E-state index contributed by atoms with van der Waals surface area (Å²) >= 11 is 6.20. The molecule has 0 amide bonds. The molecule has 24 heavy (non-hydrogen) atoms. The summed E-state index contributed by atoms with van der Waals surface area (Å²) in [4.78, 5) is 11.6. The first-order chi connectivity index (χ1) is 11.0. The van der Waals surface area contributed by atoms with Crippen molar-refractivity contribution in [2.45, 2.75) is 37.6 Å². The van der Waals surface area contributed by atoms with Gasteiger partial charge in [0.05, 0.1) is 19.7 Å². The minimum Gasteiger partial charge on any atom is -0.466 e. The van der Waals surface area contributed by atoms with E-state index in [1.54, 1.807) is 19.1 Å². The molecule has 1 fully saturated rings. The Kier molecular flexibility index (Phi) is 8.43. The Hall–Kier alpha value is -0.880. The summed E-state index contributed by atoms with van der Waals surface area (Å²) in [7, 11) is 0. The summed E-state index contributed by atoms with van der Waals surface area (Å²) in [5.74, 6) is -0.354. The van der Waals surface area contributed by atoms with Crippen molar-refractivity contribution in [3.05, 3.63) is 34.3 Å². The zero-order valence-corrected chi connectivity index (χ0v) is 15.3. The topological polar surface area (TPSA) is 61.5 Å². The molecule has 136 valence electrons. The number of carbonyl (C=O) groups is 1. The van der Waals surface area contributed by atoms with Crippen molar-refractivity contribution in [2.24, 2.45) is 5.73 Å². The summed E-state index contributed by atoms with van der Waals surface area (Å²) in [5.41, 5.74) is 7.06. The van der Waals surface area contributed by atoms with E-state index in [0.717, 1.165) is 11.1 Å². The average Bonchev–Trinajstić information content (AvgIpc) is 2.55. The molecule has 1 aliphatic rings. The van der Waals surface area contributed by atoms with Crippen LogP contribution in [-0.2, 0) is 19.7 Å². The first-order valence-corrected chi connectivity index (χ1v) is 8.24. The molecule has 4 nitrogen and oxygen atoms in total. The van der Waals surface area contributed by atoms with E-state index in [0.29, 0.717) is 37.7 Å². The van der Waals surface area contributed by atoms with Gasteiger partial charge in [-0.15, -0.1) is 12.4 Å². The Morgan fingerprint density at radius 3 is 2.67 bits per heavy atom. The Morgan fingerprint density at radius 1 is 1.42 bits per heavy atom. The molecule has 1 aromatic carbocycles. The van der Waals surface area contributed by atoms with Crippen molar-refractivity contribution in [1.82, 2.24) is 0 Å². The second-order valence-corrected chi connectivity index (χ2v) is 6.35. The number of rotatable bonds is 6. The number of hydrogen-bond acceptors (Lipinski definition) is 4. The predicted molar refractivity (Wildman–Crippen MR) is 94.6 cm³/mol. The molecule has 0 spiro atoms. The number of alkyl halides is 1. The number of benzene rings is 1. The molecule has 0 bridgehead atoms. The summed E-state index contributed by atoms with van der Waals surface area (Å²) in [6.07, 6.45) is 1.28. The van der Waals surface area contributed by atoms with Crippen LogP contribution >= 0.6 is 24.0 Å². The molecule has 0 aromatic heterocycles. The highest BCUT2D eigenvalue weighted by Crippen LogP contribution is 2.38. The molecule has 1 saturated heterocycles. The first-order valence-electron chi connectivity index (χ1n) is 7.86. The quantitative estimate of drug-likeness (QED) is 0.764. The van der Waals surface area contributed by atoms with Gasteiger partial charge < -0.3 is 15.2 Å². The number of carbonyl (C=O) groups excluding carboxylic acids is 1. The second kappa shape index (κ2) is 9.56. The van der Waals surface area contributed by atoms with E-state index in [1.807, 2.05) is 6.07 Å². The van der Waals surface area contributed by atoms with Crippen LogP contribution in [0, 0.1) is 0 Å². The number of esters is 1. The van der Waals surface area contributed by atoms with Crippen molar-refractivity contribution in [1.29, 1.82) is 0 Å². The van der Waals surface area contributed by atoms with E-state index < -0.39 is 18.1 Å². The normalized spacial score (nSPS) is 17.7. The minimum absolute atomic E-state index is 0. The molecule has 0 radical (unpaired) electrons. The summed E-state index contributed by atoms with van der Waals surface area (Å²) in [6, 6.07) is 4.84. The fourth-order valence-electron chi connectivity index (χ4n) is 2.91. The molecular formula is C17H24Cl2FNO3. The molecule has 1 heterocycles. The van der Waals surface area contributed by atoms with Crippen molar-refractivity contribution >= 4 is 30.0 Å². The number of halogens is 3. The Labute approximate surface area is 153 Å². The lowest BCUT2D eigenvalue weighted by atomic mass is 9.74. The molecule has 2 N–H and O–H groups in total. The first kappa shape index (κ1) is 21.2. The van der Waals surface area contributed by atoms with Gasteiger partial charge in [0.2, 0.25) is 0 Å². The number of hydrogen-bond donors (Lipinski definition) is 1. The second-order valence-electron chi connectivity index (χ2n) is 5.92. The third kappa shape index (κ3) is 5.06. The minimum atomic E-state index is -0.582. The summed E-state index contributed by atoms with van der Waals surface area (Å²) < 4.78 is 24.1. The molecule has 1 atom stereocenters. The highest BCUT2D eigenvalue weighted by atomic mass is 35.5. The zero-order chi connectivity index (χ0) is 16.9. The van der Waals surface area contributed by atoms with Crippen molar-refractivity contribution in [3.8, 4) is 0 Å². The third-order valence-electron chi connectivity index (χ3n) is 4.36. The highest BCUT2D eigenvalue weighted by molar-refractivity contribution is 6.30. The van der Waals surface area contributed by atoms with E-state index in [-0.39, 0.29) is 24.8 Å². The predicted octanol–water partition coefficient (Wildman–Crippen LogP) is 3.73. The van der Waals surface area contributed by atoms with Crippen molar-refractivity contribution < 1.29 is 18.7 Å². The van der Waals surface area contributed by atoms with Gasteiger partial charge in [-0.05, 0) is 43.0 Å². The Bertz CT molecular complexity index is 551. The van der Waals surface area contributed by atoms with Crippen LogP contribution in [0.25, 0.3) is 0 Å². The van der Waals surface area contributed by atoms with Crippen LogP contribution in [0.5, 0.6) is 0 Å². The lowest BCUT2D eigenvalue weighted by Gasteiger charge is -2.35. The molecule has 1 aromatic rings. The Balaban J connectivity index is 0.00000288. The van der Waals surface area contributed by atoms with E-state index in [9.17, 15) is 9.18 Å². The molecule has 0 saturated carbocycles. The number of nitrogens with two attached hydrogens (primary N) is 1. The fourth-order valence-corrected chi connectivity index (χ4v) is 3.16. The van der Waals surface area contributed by atoms with Crippen LogP contribution in [0.15, 0.2) is 18.2 Å². The third-order valence-corrected chi connectivity index (χ3v) is 4.58. The van der Waals surface area contributed by atoms with Gasteiger partial charge in [0.1, 0.15) is 0 Å². The number of ether oxygens (including phenoxy) is 2.